The molecule has 0 bridgehead atoms. The Labute approximate surface area is 164 Å². The summed E-state index contributed by atoms with van der Waals surface area (Å²) >= 11 is 0. The molecule has 0 aromatic heterocycles. The van der Waals surface area contributed by atoms with Crippen LogP contribution in [0.3, 0.4) is 0 Å². The van der Waals surface area contributed by atoms with Gasteiger partial charge >= 0.3 is 5.97 Å². The highest BCUT2D eigenvalue weighted by Crippen LogP contribution is 2.34. The van der Waals surface area contributed by atoms with Crippen molar-refractivity contribution in [2.24, 2.45) is 5.92 Å². The van der Waals surface area contributed by atoms with E-state index in [1.54, 1.807) is 17.0 Å². The third-order valence-electron chi connectivity index (χ3n) is 6.01. The van der Waals surface area contributed by atoms with Gasteiger partial charge in [-0.15, -0.1) is 0 Å². The predicted molar refractivity (Wildman–Crippen MR) is 104 cm³/mol. The molecule has 7 heteroatoms. The molecule has 2 saturated carbocycles. The van der Waals surface area contributed by atoms with E-state index in [0.29, 0.717) is 17.9 Å². The summed E-state index contributed by atoms with van der Waals surface area (Å²) < 4.78 is 0. The number of benzene rings is 1. The smallest absolute Gasteiger partial charge is 0.317 e. The maximum atomic E-state index is 12.5. The molecule has 1 aliphatic heterocycles. The maximum Gasteiger partial charge on any atom is 0.317 e. The standard InChI is InChI=1S/C21H27N3O4/c25-19-2-1-9-24(19)17-7-5-15(6-8-17)21(28)22-16-10-18(11-16)23(13-20(26)27)12-14-3-4-14/h5-8,14,16,18H,1-4,9-13H2,(H,22,28)(H,26,27). The molecule has 3 aliphatic rings. The molecule has 0 atom stereocenters. The second-order valence-corrected chi connectivity index (χ2v) is 8.26. The lowest BCUT2D eigenvalue weighted by atomic mass is 9.85. The number of rotatable bonds is 8. The van der Waals surface area contributed by atoms with Gasteiger partial charge in [0.2, 0.25) is 5.91 Å². The van der Waals surface area contributed by atoms with Gasteiger partial charge in [0.15, 0.2) is 0 Å². The van der Waals surface area contributed by atoms with Crippen LogP contribution in [0.1, 0.15) is 48.9 Å². The first kappa shape index (κ1) is 18.9. The molecule has 1 aromatic carbocycles. The molecule has 1 saturated heterocycles. The molecular weight excluding hydrogens is 358 g/mol. The van der Waals surface area contributed by atoms with Gasteiger partial charge in [0, 0.05) is 42.8 Å². The Morgan fingerprint density at radius 1 is 1.18 bits per heavy atom. The Balaban J connectivity index is 1.27. The second-order valence-electron chi connectivity index (χ2n) is 8.26. The molecule has 0 radical (unpaired) electrons. The zero-order valence-electron chi connectivity index (χ0n) is 16.0. The number of carbonyl (C=O) groups excluding carboxylic acids is 2. The van der Waals surface area contributed by atoms with E-state index in [-0.39, 0.29) is 30.4 Å². The molecular formula is C21H27N3O4. The second kappa shape index (κ2) is 7.91. The zero-order valence-corrected chi connectivity index (χ0v) is 16.0. The lowest BCUT2D eigenvalue weighted by molar-refractivity contribution is -0.139. The van der Waals surface area contributed by atoms with Gasteiger partial charge in [0.25, 0.3) is 5.91 Å². The first-order valence-electron chi connectivity index (χ1n) is 10.2. The average Bonchev–Trinajstić information content (AvgIpc) is 3.34. The third kappa shape index (κ3) is 4.35. The number of nitrogens with one attached hydrogen (secondary N) is 1. The first-order valence-corrected chi connectivity index (χ1v) is 10.2. The van der Waals surface area contributed by atoms with E-state index in [1.165, 1.54) is 12.8 Å². The fourth-order valence-corrected chi connectivity index (χ4v) is 4.13. The van der Waals surface area contributed by atoms with Crippen LogP contribution < -0.4 is 10.2 Å². The van der Waals surface area contributed by atoms with Crippen LogP contribution in [0, 0.1) is 5.92 Å². The number of carbonyl (C=O) groups is 3. The summed E-state index contributed by atoms with van der Waals surface area (Å²) in [7, 11) is 0. The van der Waals surface area contributed by atoms with Crippen LogP contribution in [-0.4, -0.2) is 59.5 Å². The van der Waals surface area contributed by atoms with Crippen LogP contribution in [0.2, 0.25) is 0 Å². The van der Waals surface area contributed by atoms with Gasteiger partial charge in [0.1, 0.15) is 0 Å². The molecule has 3 fully saturated rings. The third-order valence-corrected chi connectivity index (χ3v) is 6.01. The molecule has 2 N–H and O–H groups in total. The van der Waals surface area contributed by atoms with Crippen molar-refractivity contribution in [3.63, 3.8) is 0 Å². The van der Waals surface area contributed by atoms with Crippen molar-refractivity contribution in [2.75, 3.05) is 24.5 Å². The van der Waals surface area contributed by atoms with E-state index in [0.717, 1.165) is 38.0 Å². The van der Waals surface area contributed by atoms with Crippen molar-refractivity contribution in [3.05, 3.63) is 29.8 Å². The highest BCUT2D eigenvalue weighted by atomic mass is 16.4. The number of carboxylic acid groups (broad SMARTS) is 1. The normalized spacial score (nSPS) is 24.3. The number of hydrogen-bond donors (Lipinski definition) is 2. The monoisotopic (exact) mass is 385 g/mol. The number of nitrogens with zero attached hydrogens (tertiary/aromatic N) is 2. The maximum absolute atomic E-state index is 12.5. The Kier molecular flexibility index (Phi) is 5.35. The number of aliphatic carboxylic acids is 1. The SMILES string of the molecule is O=C(O)CN(CC1CC1)C1CC(NC(=O)c2ccc(N3CCCC3=O)cc2)C1. The molecule has 1 heterocycles. The van der Waals surface area contributed by atoms with Crippen LogP contribution in [0.4, 0.5) is 5.69 Å². The van der Waals surface area contributed by atoms with Crippen LogP contribution in [0.25, 0.3) is 0 Å². The Morgan fingerprint density at radius 3 is 2.46 bits per heavy atom. The minimum absolute atomic E-state index is 0.0819. The van der Waals surface area contributed by atoms with Gasteiger partial charge in [0.05, 0.1) is 6.54 Å². The number of anilines is 1. The van der Waals surface area contributed by atoms with Crippen molar-refractivity contribution in [1.82, 2.24) is 10.2 Å². The predicted octanol–water partition coefficient (Wildman–Crippen LogP) is 1.87. The van der Waals surface area contributed by atoms with Crippen LogP contribution in [0.5, 0.6) is 0 Å². The summed E-state index contributed by atoms with van der Waals surface area (Å²) in [5, 5.41) is 12.2. The minimum atomic E-state index is -0.787. The van der Waals surface area contributed by atoms with Crippen molar-refractivity contribution in [3.8, 4) is 0 Å². The van der Waals surface area contributed by atoms with E-state index in [4.69, 9.17) is 5.11 Å². The molecule has 1 aromatic rings. The van der Waals surface area contributed by atoms with E-state index in [2.05, 4.69) is 10.2 Å². The van der Waals surface area contributed by atoms with Gasteiger partial charge in [-0.3, -0.25) is 19.3 Å². The fourth-order valence-electron chi connectivity index (χ4n) is 4.13. The molecule has 4 rings (SSSR count). The molecule has 2 aliphatic carbocycles. The lowest BCUT2D eigenvalue weighted by Crippen LogP contribution is -2.55. The summed E-state index contributed by atoms with van der Waals surface area (Å²) in [6, 6.07) is 7.50. The fraction of sp³-hybridized carbons (Fsp3) is 0.571. The summed E-state index contributed by atoms with van der Waals surface area (Å²) in [5.41, 5.74) is 1.42. The van der Waals surface area contributed by atoms with E-state index >= 15 is 0 Å². The lowest BCUT2D eigenvalue weighted by Gasteiger charge is -2.42. The van der Waals surface area contributed by atoms with Crippen molar-refractivity contribution in [1.29, 1.82) is 0 Å². The van der Waals surface area contributed by atoms with Gasteiger partial charge in [-0.2, -0.15) is 0 Å². The first-order chi connectivity index (χ1) is 13.5. The zero-order chi connectivity index (χ0) is 19.7. The topological polar surface area (TPSA) is 89.9 Å². The largest absolute Gasteiger partial charge is 0.480 e. The Bertz CT molecular complexity index is 753. The molecule has 2 amide bonds. The average molecular weight is 385 g/mol. The van der Waals surface area contributed by atoms with E-state index in [9.17, 15) is 14.4 Å². The Hall–Kier alpha value is -2.41. The number of carboxylic acids is 1. The van der Waals surface area contributed by atoms with Gasteiger partial charge in [-0.25, -0.2) is 0 Å². The Morgan fingerprint density at radius 2 is 1.89 bits per heavy atom. The quantitative estimate of drug-likeness (QED) is 0.713. The minimum Gasteiger partial charge on any atom is -0.480 e. The van der Waals surface area contributed by atoms with Gasteiger partial charge < -0.3 is 15.3 Å². The molecule has 0 unspecified atom stereocenters. The van der Waals surface area contributed by atoms with Gasteiger partial charge in [-0.1, -0.05) is 0 Å². The number of hydrogen-bond acceptors (Lipinski definition) is 4. The van der Waals surface area contributed by atoms with Crippen molar-refractivity contribution < 1.29 is 19.5 Å². The summed E-state index contributed by atoms with van der Waals surface area (Å²) in [6.07, 6.45) is 5.45. The van der Waals surface area contributed by atoms with Gasteiger partial charge in [-0.05, 0) is 62.3 Å². The van der Waals surface area contributed by atoms with Crippen molar-refractivity contribution in [2.45, 2.75) is 50.6 Å². The van der Waals surface area contributed by atoms with Crippen molar-refractivity contribution >= 4 is 23.5 Å². The highest BCUT2D eigenvalue weighted by molar-refractivity contribution is 5.97. The van der Waals surface area contributed by atoms with Crippen LogP contribution >= 0.6 is 0 Å². The highest BCUT2D eigenvalue weighted by Gasteiger charge is 2.37. The van der Waals surface area contributed by atoms with E-state index in [1.807, 2.05) is 12.1 Å². The summed E-state index contributed by atoms with van der Waals surface area (Å²) in [4.78, 5) is 39.2. The van der Waals surface area contributed by atoms with E-state index < -0.39 is 5.97 Å². The molecule has 7 nitrogen and oxygen atoms in total. The number of amides is 2. The van der Waals surface area contributed by atoms with Crippen LogP contribution in [-0.2, 0) is 9.59 Å². The summed E-state index contributed by atoms with van der Waals surface area (Å²) in [6.45, 7) is 1.67. The summed E-state index contributed by atoms with van der Waals surface area (Å²) in [5.74, 6) is -0.122. The molecule has 0 spiro atoms. The molecule has 150 valence electrons. The van der Waals surface area contributed by atoms with Crippen LogP contribution in [0.15, 0.2) is 24.3 Å². The molecule has 28 heavy (non-hydrogen) atoms.